The number of hydrogen-bond donors (Lipinski definition) is 1. The van der Waals surface area contributed by atoms with Gasteiger partial charge in [0.25, 0.3) is 0 Å². The van der Waals surface area contributed by atoms with Crippen LogP contribution in [0.2, 0.25) is 5.02 Å². The van der Waals surface area contributed by atoms with Crippen LogP contribution < -0.4 is 10.1 Å². The largest absolute Gasteiger partial charge is 0.496 e. The van der Waals surface area contributed by atoms with Crippen molar-refractivity contribution in [2.75, 3.05) is 24.7 Å². The van der Waals surface area contributed by atoms with Gasteiger partial charge in [-0.2, -0.15) is 0 Å². The van der Waals surface area contributed by atoms with Crippen LogP contribution >= 0.6 is 39.3 Å². The number of anilines is 1. The van der Waals surface area contributed by atoms with E-state index in [1.165, 1.54) is 0 Å². The highest BCUT2D eigenvalue weighted by molar-refractivity contribution is 9.10. The summed E-state index contributed by atoms with van der Waals surface area (Å²) in [4.78, 5) is 14.5. The lowest BCUT2D eigenvalue weighted by Gasteiger charge is -2.25. The average Bonchev–Trinajstić information content (AvgIpc) is 3.04. The Morgan fingerprint density at radius 2 is 2.21 bits per heavy atom. The van der Waals surface area contributed by atoms with Crippen LogP contribution in [0, 0.1) is 0 Å². The number of nitrogens with one attached hydrogen (secondary N) is 1. The van der Waals surface area contributed by atoms with E-state index >= 15 is 0 Å². The molecule has 24 heavy (non-hydrogen) atoms. The number of methoxy groups -OCH3 is 1. The van der Waals surface area contributed by atoms with E-state index in [1.54, 1.807) is 31.0 Å². The summed E-state index contributed by atoms with van der Waals surface area (Å²) in [5.74, 6) is 1.67. The highest BCUT2D eigenvalue weighted by atomic mass is 79.9. The molecule has 0 spiro atoms. The predicted octanol–water partition coefficient (Wildman–Crippen LogP) is 5.39. The third-order valence-electron chi connectivity index (χ3n) is 3.69. The molecule has 0 aliphatic carbocycles. The number of rotatable bonds is 3. The molecular weight excluding hydrogens is 412 g/mol. The molecular formula is C17H16BrClN2O2S. The summed E-state index contributed by atoms with van der Waals surface area (Å²) in [7, 11) is 1.63. The molecule has 4 nitrogen and oxygen atoms in total. The van der Waals surface area contributed by atoms with Gasteiger partial charge in [-0.05, 0) is 51.8 Å². The normalized spacial score (nSPS) is 17.0. The van der Waals surface area contributed by atoms with Gasteiger partial charge in [0.15, 0.2) is 0 Å². The van der Waals surface area contributed by atoms with Crippen molar-refractivity contribution in [1.29, 1.82) is 0 Å². The number of thioether (sulfide) groups is 1. The molecule has 1 heterocycles. The van der Waals surface area contributed by atoms with Gasteiger partial charge in [-0.3, -0.25) is 0 Å². The van der Waals surface area contributed by atoms with E-state index in [2.05, 4.69) is 21.2 Å². The minimum absolute atomic E-state index is 0.0219. The van der Waals surface area contributed by atoms with Gasteiger partial charge in [0.2, 0.25) is 0 Å². The monoisotopic (exact) mass is 426 g/mol. The fraction of sp³-hybridized carbons (Fsp3) is 0.235. The van der Waals surface area contributed by atoms with Crippen molar-refractivity contribution in [3.05, 3.63) is 57.5 Å². The standard InChI is InChI=1S/C17H16BrClN2O2S/c1-23-15-6-5-11(9-14(15)18)16-21(7-8-24-16)17(22)20-13-4-2-3-12(19)10-13/h2-6,9-10,16H,7-8H2,1H3,(H,20,22)/t16-/m0/s1. The van der Waals surface area contributed by atoms with Crippen LogP contribution in [0.3, 0.4) is 0 Å². The number of benzene rings is 2. The molecule has 0 unspecified atom stereocenters. The SMILES string of the molecule is COc1ccc([C@@H]2SCCN2C(=O)Nc2cccc(Cl)c2)cc1Br. The average molecular weight is 428 g/mol. The van der Waals surface area contributed by atoms with Gasteiger partial charge in [-0.15, -0.1) is 11.8 Å². The second kappa shape index (κ2) is 7.68. The van der Waals surface area contributed by atoms with E-state index in [0.29, 0.717) is 17.3 Å². The molecule has 0 saturated carbocycles. The van der Waals surface area contributed by atoms with E-state index in [0.717, 1.165) is 21.5 Å². The molecule has 0 aromatic heterocycles. The predicted molar refractivity (Wildman–Crippen MR) is 103 cm³/mol. The van der Waals surface area contributed by atoms with E-state index in [-0.39, 0.29) is 11.4 Å². The fourth-order valence-electron chi connectivity index (χ4n) is 2.55. The van der Waals surface area contributed by atoms with E-state index < -0.39 is 0 Å². The maximum Gasteiger partial charge on any atom is 0.323 e. The summed E-state index contributed by atoms with van der Waals surface area (Å²) < 4.78 is 6.15. The van der Waals surface area contributed by atoms with Crippen molar-refractivity contribution in [1.82, 2.24) is 4.90 Å². The second-order valence-electron chi connectivity index (χ2n) is 5.25. The lowest BCUT2D eigenvalue weighted by atomic mass is 10.2. The minimum atomic E-state index is -0.126. The second-order valence-corrected chi connectivity index (χ2v) is 7.73. The molecule has 2 aromatic rings. The van der Waals surface area contributed by atoms with Crippen LogP contribution in [0.4, 0.5) is 10.5 Å². The van der Waals surface area contributed by atoms with E-state index in [9.17, 15) is 4.79 Å². The van der Waals surface area contributed by atoms with Gasteiger partial charge < -0.3 is 15.0 Å². The first-order valence-electron chi connectivity index (χ1n) is 7.36. The van der Waals surface area contributed by atoms with Gasteiger partial charge in [0.05, 0.1) is 11.6 Å². The molecule has 1 atom stereocenters. The Morgan fingerprint density at radius 3 is 2.92 bits per heavy atom. The Labute approximate surface area is 158 Å². The van der Waals surface area contributed by atoms with Crippen molar-refractivity contribution in [2.24, 2.45) is 0 Å². The van der Waals surface area contributed by atoms with Crippen LogP contribution in [0.25, 0.3) is 0 Å². The Hall–Kier alpha value is -1.37. The van der Waals surface area contributed by atoms with Gasteiger partial charge in [-0.25, -0.2) is 4.79 Å². The van der Waals surface area contributed by atoms with Gasteiger partial charge in [0, 0.05) is 23.0 Å². The summed E-state index contributed by atoms with van der Waals surface area (Å²) >= 11 is 11.2. The Balaban J connectivity index is 1.77. The lowest BCUT2D eigenvalue weighted by Crippen LogP contribution is -2.34. The number of carbonyl (C=O) groups is 1. The van der Waals surface area contributed by atoms with E-state index in [1.807, 2.05) is 35.2 Å². The van der Waals surface area contributed by atoms with Gasteiger partial charge in [0.1, 0.15) is 11.1 Å². The third kappa shape index (κ3) is 3.82. The number of carbonyl (C=O) groups excluding carboxylic acids is 1. The Morgan fingerprint density at radius 1 is 1.38 bits per heavy atom. The maximum absolute atomic E-state index is 12.6. The highest BCUT2D eigenvalue weighted by Gasteiger charge is 2.31. The maximum atomic E-state index is 12.6. The van der Waals surface area contributed by atoms with Crippen molar-refractivity contribution in [3.8, 4) is 5.75 Å². The number of amides is 2. The molecule has 1 N–H and O–H groups in total. The van der Waals surface area contributed by atoms with Crippen molar-refractivity contribution >= 4 is 51.0 Å². The summed E-state index contributed by atoms with van der Waals surface area (Å²) in [6.45, 7) is 0.700. The van der Waals surface area contributed by atoms with Crippen molar-refractivity contribution in [2.45, 2.75) is 5.37 Å². The molecule has 1 saturated heterocycles. The lowest BCUT2D eigenvalue weighted by molar-refractivity contribution is 0.214. The van der Waals surface area contributed by atoms with Crippen LogP contribution in [-0.4, -0.2) is 30.3 Å². The molecule has 7 heteroatoms. The molecule has 0 radical (unpaired) electrons. The van der Waals surface area contributed by atoms with Crippen molar-refractivity contribution in [3.63, 3.8) is 0 Å². The molecule has 0 bridgehead atoms. The fourth-order valence-corrected chi connectivity index (χ4v) is 4.55. The van der Waals surface area contributed by atoms with Crippen LogP contribution in [0.1, 0.15) is 10.9 Å². The topological polar surface area (TPSA) is 41.6 Å². The zero-order valence-electron chi connectivity index (χ0n) is 13.0. The third-order valence-corrected chi connectivity index (χ3v) is 5.80. The van der Waals surface area contributed by atoms with Gasteiger partial charge in [-0.1, -0.05) is 23.7 Å². The molecule has 2 aromatic carbocycles. The first-order chi connectivity index (χ1) is 11.6. The summed E-state index contributed by atoms with van der Waals surface area (Å²) in [5.41, 5.74) is 1.76. The number of ether oxygens (including phenoxy) is 1. The first kappa shape index (κ1) is 17.5. The van der Waals surface area contributed by atoms with Crippen LogP contribution in [0.15, 0.2) is 46.9 Å². The molecule has 1 aliphatic rings. The number of halogens is 2. The summed E-state index contributed by atoms with van der Waals surface area (Å²) in [6.07, 6.45) is 0. The first-order valence-corrected chi connectivity index (χ1v) is 9.58. The number of nitrogens with zero attached hydrogens (tertiary/aromatic N) is 1. The van der Waals surface area contributed by atoms with Crippen LogP contribution in [0.5, 0.6) is 5.75 Å². The summed E-state index contributed by atoms with van der Waals surface area (Å²) in [6, 6.07) is 12.9. The van der Waals surface area contributed by atoms with Crippen molar-refractivity contribution < 1.29 is 9.53 Å². The zero-order chi connectivity index (χ0) is 17.1. The summed E-state index contributed by atoms with van der Waals surface area (Å²) in [5, 5.41) is 3.49. The molecule has 126 valence electrons. The number of hydrogen-bond acceptors (Lipinski definition) is 3. The zero-order valence-corrected chi connectivity index (χ0v) is 16.1. The van der Waals surface area contributed by atoms with Crippen LogP contribution in [-0.2, 0) is 0 Å². The quantitative estimate of drug-likeness (QED) is 0.714. The smallest absolute Gasteiger partial charge is 0.323 e. The Bertz CT molecular complexity index is 759. The molecule has 3 rings (SSSR count). The van der Waals surface area contributed by atoms with E-state index in [4.69, 9.17) is 16.3 Å². The Kier molecular flexibility index (Phi) is 5.58. The number of urea groups is 1. The highest BCUT2D eigenvalue weighted by Crippen LogP contribution is 2.40. The molecule has 2 amide bonds. The molecule has 1 fully saturated rings. The molecule has 1 aliphatic heterocycles. The minimum Gasteiger partial charge on any atom is -0.496 e. The van der Waals surface area contributed by atoms with Gasteiger partial charge >= 0.3 is 6.03 Å².